The third-order valence-electron chi connectivity index (χ3n) is 2.61. The third-order valence-corrected chi connectivity index (χ3v) is 3.35. The number of nitrogens with zero attached hydrogens (tertiary/aromatic N) is 1. The van der Waals surface area contributed by atoms with E-state index in [0.29, 0.717) is 6.54 Å². The molecule has 4 heteroatoms. The number of rotatable bonds is 6. The van der Waals surface area contributed by atoms with Crippen LogP contribution in [-0.2, 0) is 6.54 Å². The zero-order valence-corrected chi connectivity index (χ0v) is 11.2. The molecule has 0 spiro atoms. The standard InChI is InChI=1S/C12H19BrN2O/c1-2-15(7-4-8-16)12-6-3-5-11(13)10(12)9-14/h3,5-6,16H,2,4,7-9,14H2,1H3. The predicted octanol–water partition coefficient (Wildman–Crippen LogP) is 2.12. The molecule has 3 nitrogen and oxygen atoms in total. The predicted molar refractivity (Wildman–Crippen MR) is 71.6 cm³/mol. The summed E-state index contributed by atoms with van der Waals surface area (Å²) in [7, 11) is 0. The van der Waals surface area contributed by atoms with E-state index in [1.54, 1.807) is 0 Å². The minimum atomic E-state index is 0.225. The number of halogens is 1. The van der Waals surface area contributed by atoms with Crippen LogP contribution in [0.5, 0.6) is 0 Å². The highest BCUT2D eigenvalue weighted by atomic mass is 79.9. The van der Waals surface area contributed by atoms with Crippen LogP contribution in [-0.4, -0.2) is 24.8 Å². The van der Waals surface area contributed by atoms with E-state index in [4.69, 9.17) is 10.8 Å². The molecule has 0 saturated carbocycles. The van der Waals surface area contributed by atoms with Crippen molar-refractivity contribution in [2.75, 3.05) is 24.6 Å². The van der Waals surface area contributed by atoms with E-state index in [1.165, 1.54) is 0 Å². The SMILES string of the molecule is CCN(CCCO)c1cccc(Br)c1CN. The molecule has 0 unspecified atom stereocenters. The Morgan fingerprint density at radius 3 is 2.75 bits per heavy atom. The van der Waals surface area contributed by atoms with Crippen molar-refractivity contribution in [3.8, 4) is 0 Å². The summed E-state index contributed by atoms with van der Waals surface area (Å²) in [6, 6.07) is 6.10. The Morgan fingerprint density at radius 2 is 2.19 bits per heavy atom. The lowest BCUT2D eigenvalue weighted by Gasteiger charge is -2.25. The van der Waals surface area contributed by atoms with Gasteiger partial charge in [-0.2, -0.15) is 0 Å². The normalized spacial score (nSPS) is 10.5. The molecule has 0 bridgehead atoms. The lowest BCUT2D eigenvalue weighted by Crippen LogP contribution is -2.26. The summed E-state index contributed by atoms with van der Waals surface area (Å²) in [5, 5.41) is 8.88. The third kappa shape index (κ3) is 3.20. The summed E-state index contributed by atoms with van der Waals surface area (Å²) in [6.07, 6.45) is 0.782. The van der Waals surface area contributed by atoms with Crippen molar-refractivity contribution in [1.29, 1.82) is 0 Å². The van der Waals surface area contributed by atoms with Gasteiger partial charge < -0.3 is 15.7 Å². The molecule has 0 aliphatic carbocycles. The van der Waals surface area contributed by atoms with Crippen LogP contribution in [0.15, 0.2) is 22.7 Å². The molecule has 0 atom stereocenters. The summed E-state index contributed by atoms with van der Waals surface area (Å²) < 4.78 is 1.05. The largest absolute Gasteiger partial charge is 0.396 e. The van der Waals surface area contributed by atoms with Crippen molar-refractivity contribution in [2.24, 2.45) is 5.73 Å². The molecule has 0 aromatic heterocycles. The Bertz CT molecular complexity index is 331. The average molecular weight is 287 g/mol. The number of hydrogen-bond acceptors (Lipinski definition) is 3. The fourth-order valence-corrected chi connectivity index (χ4v) is 2.27. The fraction of sp³-hybridized carbons (Fsp3) is 0.500. The molecule has 0 heterocycles. The second kappa shape index (κ2) is 6.89. The quantitative estimate of drug-likeness (QED) is 0.842. The number of nitrogens with two attached hydrogens (primary N) is 1. The van der Waals surface area contributed by atoms with Crippen LogP contribution in [0.25, 0.3) is 0 Å². The minimum absolute atomic E-state index is 0.225. The Balaban J connectivity index is 2.94. The maximum atomic E-state index is 8.88. The highest BCUT2D eigenvalue weighted by molar-refractivity contribution is 9.10. The lowest BCUT2D eigenvalue weighted by atomic mass is 10.1. The first kappa shape index (κ1) is 13.5. The van der Waals surface area contributed by atoms with Crippen LogP contribution in [0.1, 0.15) is 18.9 Å². The van der Waals surface area contributed by atoms with Gasteiger partial charge in [-0.05, 0) is 25.5 Å². The minimum Gasteiger partial charge on any atom is -0.396 e. The summed E-state index contributed by atoms with van der Waals surface area (Å²) in [5.74, 6) is 0. The maximum absolute atomic E-state index is 8.88. The molecule has 1 aromatic carbocycles. The van der Waals surface area contributed by atoms with Gasteiger partial charge in [0.1, 0.15) is 0 Å². The molecule has 0 radical (unpaired) electrons. The van der Waals surface area contributed by atoms with Crippen molar-refractivity contribution < 1.29 is 5.11 Å². The van der Waals surface area contributed by atoms with E-state index < -0.39 is 0 Å². The number of benzene rings is 1. The van der Waals surface area contributed by atoms with E-state index in [1.807, 2.05) is 12.1 Å². The van der Waals surface area contributed by atoms with Crippen molar-refractivity contribution in [2.45, 2.75) is 19.9 Å². The van der Waals surface area contributed by atoms with E-state index in [0.717, 1.165) is 35.2 Å². The lowest BCUT2D eigenvalue weighted by molar-refractivity contribution is 0.289. The number of aliphatic hydroxyl groups excluding tert-OH is 1. The molecule has 0 amide bonds. The summed E-state index contributed by atoms with van der Waals surface area (Å²) in [6.45, 7) is 4.63. The van der Waals surface area contributed by atoms with Crippen LogP contribution in [0.3, 0.4) is 0 Å². The van der Waals surface area contributed by atoms with Crippen molar-refractivity contribution in [1.82, 2.24) is 0 Å². The summed E-state index contributed by atoms with van der Waals surface area (Å²) >= 11 is 3.52. The van der Waals surface area contributed by atoms with E-state index in [-0.39, 0.29) is 6.61 Å². The van der Waals surface area contributed by atoms with Gasteiger partial charge in [-0.3, -0.25) is 0 Å². The Kier molecular flexibility index (Phi) is 5.80. The van der Waals surface area contributed by atoms with Crippen molar-refractivity contribution >= 4 is 21.6 Å². The average Bonchev–Trinajstić information content (AvgIpc) is 2.30. The Labute approximate surface area is 105 Å². The summed E-state index contributed by atoms with van der Waals surface area (Å²) in [4.78, 5) is 2.24. The van der Waals surface area contributed by atoms with Gasteiger partial charge >= 0.3 is 0 Å². The van der Waals surface area contributed by atoms with Gasteiger partial charge in [-0.1, -0.05) is 22.0 Å². The number of anilines is 1. The van der Waals surface area contributed by atoms with Crippen LogP contribution in [0.2, 0.25) is 0 Å². The van der Waals surface area contributed by atoms with E-state index in [9.17, 15) is 0 Å². The van der Waals surface area contributed by atoms with E-state index >= 15 is 0 Å². The first-order valence-electron chi connectivity index (χ1n) is 5.57. The molecule has 0 aliphatic rings. The summed E-state index contributed by atoms with van der Waals surface area (Å²) in [5.41, 5.74) is 8.05. The Hall–Kier alpha value is -0.580. The zero-order valence-electron chi connectivity index (χ0n) is 9.62. The topological polar surface area (TPSA) is 49.5 Å². The highest BCUT2D eigenvalue weighted by Crippen LogP contribution is 2.27. The van der Waals surface area contributed by atoms with Crippen LogP contribution in [0.4, 0.5) is 5.69 Å². The van der Waals surface area contributed by atoms with Crippen molar-refractivity contribution in [3.63, 3.8) is 0 Å². The molecule has 0 fully saturated rings. The molecule has 90 valence electrons. The molecule has 3 N–H and O–H groups in total. The molecule has 16 heavy (non-hydrogen) atoms. The van der Waals surface area contributed by atoms with Gasteiger partial charge in [0.05, 0.1) is 0 Å². The van der Waals surface area contributed by atoms with Gasteiger partial charge in [0.15, 0.2) is 0 Å². The van der Waals surface area contributed by atoms with Crippen LogP contribution in [0, 0.1) is 0 Å². The Morgan fingerprint density at radius 1 is 1.44 bits per heavy atom. The molecule has 1 aromatic rings. The van der Waals surface area contributed by atoms with Gasteiger partial charge in [-0.15, -0.1) is 0 Å². The molecule has 1 rings (SSSR count). The molecule has 0 saturated heterocycles. The number of aliphatic hydroxyl groups is 1. The molecular formula is C12H19BrN2O. The first-order chi connectivity index (χ1) is 7.74. The maximum Gasteiger partial charge on any atom is 0.0447 e. The zero-order chi connectivity index (χ0) is 12.0. The van der Waals surface area contributed by atoms with Crippen LogP contribution >= 0.6 is 15.9 Å². The van der Waals surface area contributed by atoms with Gasteiger partial charge in [0.25, 0.3) is 0 Å². The second-order valence-electron chi connectivity index (χ2n) is 3.60. The molecular weight excluding hydrogens is 268 g/mol. The monoisotopic (exact) mass is 286 g/mol. The highest BCUT2D eigenvalue weighted by Gasteiger charge is 2.10. The smallest absolute Gasteiger partial charge is 0.0447 e. The van der Waals surface area contributed by atoms with Crippen molar-refractivity contribution in [3.05, 3.63) is 28.2 Å². The first-order valence-corrected chi connectivity index (χ1v) is 6.37. The van der Waals surface area contributed by atoms with E-state index in [2.05, 4.69) is 33.8 Å². The van der Waals surface area contributed by atoms with Crippen LogP contribution < -0.4 is 10.6 Å². The van der Waals surface area contributed by atoms with Gasteiger partial charge in [0, 0.05) is 42.0 Å². The second-order valence-corrected chi connectivity index (χ2v) is 4.45. The van der Waals surface area contributed by atoms with Gasteiger partial charge in [0.2, 0.25) is 0 Å². The van der Waals surface area contributed by atoms with Gasteiger partial charge in [-0.25, -0.2) is 0 Å². The fourth-order valence-electron chi connectivity index (χ4n) is 1.76. The molecule has 0 aliphatic heterocycles. The number of hydrogen-bond donors (Lipinski definition) is 2.